The third-order valence-electron chi connectivity index (χ3n) is 3.52. The van der Waals surface area contributed by atoms with Crippen LogP contribution in [0.5, 0.6) is 0 Å². The van der Waals surface area contributed by atoms with E-state index < -0.39 is 5.97 Å². The maximum absolute atomic E-state index is 11.2. The number of carboxylic acids is 1. The molecule has 6 heteroatoms. The summed E-state index contributed by atoms with van der Waals surface area (Å²) in [5, 5.41) is 9.35. The van der Waals surface area contributed by atoms with E-state index in [1.165, 1.54) is 6.26 Å². The van der Waals surface area contributed by atoms with Crippen molar-refractivity contribution in [3.05, 3.63) is 40.8 Å². The van der Waals surface area contributed by atoms with E-state index in [1.807, 2.05) is 26.0 Å². The first kappa shape index (κ1) is 13.7. The number of imidazole rings is 1. The van der Waals surface area contributed by atoms with E-state index in [-0.39, 0.29) is 11.8 Å². The van der Waals surface area contributed by atoms with Crippen molar-refractivity contribution >= 4 is 28.6 Å². The number of nitrogens with zero attached hydrogens (tertiary/aromatic N) is 2. The van der Waals surface area contributed by atoms with Crippen LogP contribution in [0.3, 0.4) is 0 Å². The molecule has 0 atom stereocenters. The second-order valence-corrected chi connectivity index (χ2v) is 5.29. The van der Waals surface area contributed by atoms with Gasteiger partial charge in [0.2, 0.25) is 5.22 Å². The van der Waals surface area contributed by atoms with E-state index in [2.05, 4.69) is 4.98 Å². The molecule has 5 nitrogen and oxygen atoms in total. The lowest BCUT2D eigenvalue weighted by Gasteiger charge is -2.06. The smallest absolute Gasteiger partial charge is 0.323 e. The third-order valence-corrected chi connectivity index (χ3v) is 3.81. The monoisotopic (exact) mass is 304 g/mol. The van der Waals surface area contributed by atoms with E-state index in [0.29, 0.717) is 11.4 Å². The number of furan rings is 1. The summed E-state index contributed by atoms with van der Waals surface area (Å²) in [6.07, 6.45) is 1.46. The number of carboxylic acid groups (broad SMARTS) is 1. The highest BCUT2D eigenvalue weighted by molar-refractivity contribution is 6.31. The zero-order valence-electron chi connectivity index (χ0n) is 11.6. The summed E-state index contributed by atoms with van der Waals surface area (Å²) in [5.74, 6) is -0.440. The Morgan fingerprint density at radius 3 is 2.71 bits per heavy atom. The Kier molecular flexibility index (Phi) is 3.22. The fourth-order valence-electron chi connectivity index (χ4n) is 2.33. The van der Waals surface area contributed by atoms with Crippen LogP contribution in [0.2, 0.25) is 5.22 Å². The summed E-state index contributed by atoms with van der Waals surface area (Å²) in [6.45, 7) is 3.79. The van der Waals surface area contributed by atoms with Gasteiger partial charge in [-0.2, -0.15) is 0 Å². The van der Waals surface area contributed by atoms with Crippen molar-refractivity contribution in [3.63, 3.8) is 0 Å². The zero-order valence-corrected chi connectivity index (χ0v) is 12.3. The van der Waals surface area contributed by atoms with Gasteiger partial charge in [-0.3, -0.25) is 4.79 Å². The molecule has 108 valence electrons. The number of aliphatic carboxylic acids is 1. The quantitative estimate of drug-likeness (QED) is 0.802. The Bertz CT molecular complexity index is 848. The molecule has 0 unspecified atom stereocenters. The van der Waals surface area contributed by atoms with Gasteiger partial charge < -0.3 is 14.1 Å². The van der Waals surface area contributed by atoms with E-state index in [9.17, 15) is 4.79 Å². The van der Waals surface area contributed by atoms with Crippen LogP contribution in [0, 0.1) is 13.8 Å². The minimum atomic E-state index is -0.937. The second kappa shape index (κ2) is 4.93. The molecule has 0 saturated heterocycles. The maximum atomic E-state index is 11.2. The van der Waals surface area contributed by atoms with Gasteiger partial charge in [0.1, 0.15) is 12.4 Å². The fourth-order valence-corrected chi connectivity index (χ4v) is 2.53. The van der Waals surface area contributed by atoms with Gasteiger partial charge in [-0.25, -0.2) is 4.98 Å². The summed E-state index contributed by atoms with van der Waals surface area (Å²) >= 11 is 6.01. The second-order valence-electron chi connectivity index (χ2n) is 4.95. The predicted molar refractivity (Wildman–Crippen MR) is 79.6 cm³/mol. The molecule has 1 N–H and O–H groups in total. The number of hydrogen-bond donors (Lipinski definition) is 1. The van der Waals surface area contributed by atoms with Crippen molar-refractivity contribution in [2.75, 3.05) is 0 Å². The number of fused-ring (bicyclic) bond motifs is 1. The number of carbonyl (C=O) groups is 1. The molecule has 1 aromatic carbocycles. The molecule has 3 rings (SSSR count). The molecule has 0 radical (unpaired) electrons. The largest absolute Gasteiger partial charge is 0.480 e. The van der Waals surface area contributed by atoms with E-state index >= 15 is 0 Å². The van der Waals surface area contributed by atoms with Gasteiger partial charge in [0.05, 0.1) is 22.9 Å². The summed E-state index contributed by atoms with van der Waals surface area (Å²) in [5.41, 5.74) is 4.29. The average molecular weight is 305 g/mol. The third kappa shape index (κ3) is 2.29. The van der Waals surface area contributed by atoms with Crippen LogP contribution in [-0.2, 0) is 11.3 Å². The van der Waals surface area contributed by atoms with Gasteiger partial charge in [0.15, 0.2) is 0 Å². The molecule has 0 aliphatic rings. The Hall–Kier alpha value is -2.27. The maximum Gasteiger partial charge on any atom is 0.323 e. The Balaban J connectivity index is 2.33. The van der Waals surface area contributed by atoms with Crippen LogP contribution >= 0.6 is 11.6 Å². The number of benzene rings is 1. The van der Waals surface area contributed by atoms with Gasteiger partial charge in [0.25, 0.3) is 0 Å². The van der Waals surface area contributed by atoms with Crippen molar-refractivity contribution in [1.29, 1.82) is 0 Å². The number of aryl methyl sites for hydroxylation is 2. The lowest BCUT2D eigenvalue weighted by atomic mass is 10.1. The number of halogens is 1. The highest BCUT2D eigenvalue weighted by Crippen LogP contribution is 2.32. The molecular weight excluding hydrogens is 292 g/mol. The first-order valence-electron chi connectivity index (χ1n) is 6.40. The van der Waals surface area contributed by atoms with E-state index in [1.54, 1.807) is 10.6 Å². The van der Waals surface area contributed by atoms with E-state index in [0.717, 1.165) is 22.2 Å². The molecule has 0 fully saturated rings. The van der Waals surface area contributed by atoms with Gasteiger partial charge >= 0.3 is 5.97 Å². The minimum Gasteiger partial charge on any atom is -0.480 e. The van der Waals surface area contributed by atoms with Crippen LogP contribution in [0.15, 0.2) is 28.9 Å². The molecule has 3 aromatic rings. The zero-order chi connectivity index (χ0) is 15.1. The summed E-state index contributed by atoms with van der Waals surface area (Å²) in [4.78, 5) is 15.7. The van der Waals surface area contributed by atoms with Crippen molar-refractivity contribution in [1.82, 2.24) is 9.55 Å². The van der Waals surface area contributed by atoms with Gasteiger partial charge in [0, 0.05) is 0 Å². The molecule has 0 saturated carbocycles. The Morgan fingerprint density at radius 2 is 2.10 bits per heavy atom. The SMILES string of the molecule is Cc1cc2nc(-c3ccoc3Cl)n(CC(=O)O)c2cc1C. The molecule has 0 aliphatic carbocycles. The molecular formula is C15H13ClN2O3. The van der Waals surface area contributed by atoms with Crippen LogP contribution in [0.4, 0.5) is 0 Å². The fraction of sp³-hybridized carbons (Fsp3) is 0.200. The van der Waals surface area contributed by atoms with Crippen LogP contribution in [-0.4, -0.2) is 20.6 Å². The van der Waals surface area contributed by atoms with Crippen LogP contribution < -0.4 is 0 Å². The lowest BCUT2D eigenvalue weighted by Crippen LogP contribution is -2.10. The predicted octanol–water partition coefficient (Wildman–Crippen LogP) is 3.65. The number of hydrogen-bond acceptors (Lipinski definition) is 3. The first-order valence-corrected chi connectivity index (χ1v) is 6.78. The molecule has 0 amide bonds. The Labute approximate surface area is 125 Å². The van der Waals surface area contributed by atoms with Gasteiger partial charge in [-0.05, 0) is 54.8 Å². The van der Waals surface area contributed by atoms with Crippen molar-refractivity contribution in [2.45, 2.75) is 20.4 Å². The molecule has 0 spiro atoms. The normalized spacial score (nSPS) is 11.2. The molecule has 2 aromatic heterocycles. The summed E-state index contributed by atoms with van der Waals surface area (Å²) in [7, 11) is 0. The highest BCUT2D eigenvalue weighted by Gasteiger charge is 2.19. The summed E-state index contributed by atoms with van der Waals surface area (Å²) in [6, 6.07) is 5.57. The molecule has 0 aliphatic heterocycles. The van der Waals surface area contributed by atoms with Crippen molar-refractivity contribution in [3.8, 4) is 11.4 Å². The van der Waals surface area contributed by atoms with E-state index in [4.69, 9.17) is 21.1 Å². The van der Waals surface area contributed by atoms with Gasteiger partial charge in [-0.15, -0.1) is 0 Å². The molecule has 21 heavy (non-hydrogen) atoms. The Morgan fingerprint density at radius 1 is 1.38 bits per heavy atom. The molecule has 0 bridgehead atoms. The minimum absolute atomic E-state index is 0.185. The summed E-state index contributed by atoms with van der Waals surface area (Å²) < 4.78 is 6.73. The lowest BCUT2D eigenvalue weighted by molar-refractivity contribution is -0.137. The average Bonchev–Trinajstić information content (AvgIpc) is 2.95. The topological polar surface area (TPSA) is 68.3 Å². The van der Waals surface area contributed by atoms with Crippen molar-refractivity contribution in [2.24, 2.45) is 0 Å². The molecule has 2 heterocycles. The standard InChI is InChI=1S/C15H13ClN2O3/c1-8-5-11-12(6-9(8)2)18(7-13(19)20)15(17-11)10-3-4-21-14(10)16/h3-6H,7H2,1-2H3,(H,19,20). The van der Waals surface area contributed by atoms with Crippen molar-refractivity contribution < 1.29 is 14.3 Å². The first-order chi connectivity index (χ1) is 9.97. The van der Waals surface area contributed by atoms with Crippen LogP contribution in [0.1, 0.15) is 11.1 Å². The van der Waals surface area contributed by atoms with Crippen LogP contribution in [0.25, 0.3) is 22.4 Å². The van der Waals surface area contributed by atoms with Gasteiger partial charge in [-0.1, -0.05) is 0 Å². The number of aromatic nitrogens is 2. The highest BCUT2D eigenvalue weighted by atomic mass is 35.5. The number of rotatable bonds is 3.